The second-order valence-corrected chi connectivity index (χ2v) is 4.30. The van der Waals surface area contributed by atoms with E-state index in [4.69, 9.17) is 5.73 Å². The van der Waals surface area contributed by atoms with Crippen LogP contribution in [-0.4, -0.2) is 25.4 Å². The van der Waals surface area contributed by atoms with Gasteiger partial charge in [0.1, 0.15) is 0 Å². The minimum Gasteiger partial charge on any atom is -0.359 e. The SMILES string of the molecule is CNC(=O)Cc1ccccc1NC(=O)CCCCN. The number of carbonyl (C=O) groups excluding carboxylic acids is 2. The maximum Gasteiger partial charge on any atom is 0.224 e. The van der Waals surface area contributed by atoms with Gasteiger partial charge in [0.25, 0.3) is 0 Å². The molecule has 1 aromatic carbocycles. The quantitative estimate of drug-likeness (QED) is 0.643. The van der Waals surface area contributed by atoms with Gasteiger partial charge in [-0.25, -0.2) is 0 Å². The van der Waals surface area contributed by atoms with Gasteiger partial charge in [-0.3, -0.25) is 9.59 Å². The van der Waals surface area contributed by atoms with E-state index >= 15 is 0 Å². The van der Waals surface area contributed by atoms with E-state index in [2.05, 4.69) is 10.6 Å². The molecular formula is C14H21N3O2. The molecule has 4 N–H and O–H groups in total. The third kappa shape index (κ3) is 5.52. The summed E-state index contributed by atoms with van der Waals surface area (Å²) in [6, 6.07) is 7.33. The van der Waals surface area contributed by atoms with Crippen molar-refractivity contribution in [1.29, 1.82) is 0 Å². The minimum atomic E-state index is -0.0789. The Balaban J connectivity index is 2.61. The summed E-state index contributed by atoms with van der Waals surface area (Å²) in [5, 5.41) is 5.41. The van der Waals surface area contributed by atoms with Crippen molar-refractivity contribution in [2.75, 3.05) is 18.9 Å². The first kappa shape index (κ1) is 15.2. The molecular weight excluding hydrogens is 242 g/mol. The molecule has 19 heavy (non-hydrogen) atoms. The Morgan fingerprint density at radius 3 is 2.58 bits per heavy atom. The molecule has 1 aromatic rings. The van der Waals surface area contributed by atoms with Crippen molar-refractivity contribution < 1.29 is 9.59 Å². The highest BCUT2D eigenvalue weighted by Crippen LogP contribution is 2.16. The van der Waals surface area contributed by atoms with Gasteiger partial charge in [0.15, 0.2) is 0 Å². The zero-order chi connectivity index (χ0) is 14.1. The standard InChI is InChI=1S/C14H21N3O2/c1-16-14(19)10-11-6-2-3-7-12(11)17-13(18)8-4-5-9-15/h2-3,6-7H,4-5,8-10,15H2,1H3,(H,16,19)(H,17,18). The van der Waals surface area contributed by atoms with Crippen molar-refractivity contribution in [2.45, 2.75) is 25.7 Å². The fraction of sp³-hybridized carbons (Fsp3) is 0.429. The molecule has 0 heterocycles. The molecule has 0 saturated carbocycles. The largest absolute Gasteiger partial charge is 0.359 e. The van der Waals surface area contributed by atoms with Crippen LogP contribution in [0, 0.1) is 0 Å². The van der Waals surface area contributed by atoms with Crippen LogP contribution in [0.15, 0.2) is 24.3 Å². The van der Waals surface area contributed by atoms with Crippen LogP contribution >= 0.6 is 0 Å². The van der Waals surface area contributed by atoms with E-state index in [1.807, 2.05) is 18.2 Å². The number of benzene rings is 1. The Bertz CT molecular complexity index is 432. The van der Waals surface area contributed by atoms with Crippen molar-refractivity contribution in [3.05, 3.63) is 29.8 Å². The molecule has 0 aromatic heterocycles. The molecule has 0 unspecified atom stereocenters. The highest BCUT2D eigenvalue weighted by atomic mass is 16.2. The molecule has 0 fully saturated rings. The third-order valence-electron chi connectivity index (χ3n) is 2.78. The van der Waals surface area contributed by atoms with E-state index in [1.54, 1.807) is 13.1 Å². The van der Waals surface area contributed by atoms with Crippen molar-refractivity contribution in [3.63, 3.8) is 0 Å². The van der Waals surface area contributed by atoms with E-state index in [9.17, 15) is 9.59 Å². The van der Waals surface area contributed by atoms with Gasteiger partial charge < -0.3 is 16.4 Å². The van der Waals surface area contributed by atoms with E-state index < -0.39 is 0 Å². The summed E-state index contributed by atoms with van der Waals surface area (Å²) in [4.78, 5) is 23.1. The van der Waals surface area contributed by atoms with Gasteiger partial charge in [-0.05, 0) is 31.0 Å². The summed E-state index contributed by atoms with van der Waals surface area (Å²) in [6.07, 6.45) is 2.33. The molecule has 5 nitrogen and oxygen atoms in total. The summed E-state index contributed by atoms with van der Waals surface area (Å²) in [6.45, 7) is 0.598. The number of nitrogens with two attached hydrogens (primary N) is 1. The summed E-state index contributed by atoms with van der Waals surface area (Å²) in [7, 11) is 1.59. The Hall–Kier alpha value is -1.88. The minimum absolute atomic E-state index is 0.0437. The van der Waals surface area contributed by atoms with Crippen LogP contribution in [0.2, 0.25) is 0 Å². The molecule has 0 atom stereocenters. The molecule has 0 aliphatic rings. The molecule has 0 saturated heterocycles. The number of rotatable bonds is 7. The zero-order valence-corrected chi connectivity index (χ0v) is 11.2. The summed E-state index contributed by atoms with van der Waals surface area (Å²) < 4.78 is 0. The van der Waals surface area contributed by atoms with Crippen molar-refractivity contribution in [1.82, 2.24) is 5.32 Å². The molecule has 0 spiro atoms. The van der Waals surface area contributed by atoms with Crippen molar-refractivity contribution in [2.24, 2.45) is 5.73 Å². The number of amides is 2. The lowest BCUT2D eigenvalue weighted by atomic mass is 10.1. The summed E-state index contributed by atoms with van der Waals surface area (Å²) in [5.74, 6) is -0.123. The first-order valence-electron chi connectivity index (χ1n) is 6.45. The van der Waals surface area contributed by atoms with Crippen LogP contribution in [0.4, 0.5) is 5.69 Å². The lowest BCUT2D eigenvalue weighted by molar-refractivity contribution is -0.120. The third-order valence-corrected chi connectivity index (χ3v) is 2.78. The predicted octanol–water partition coefficient (Wildman–Crippen LogP) is 1.04. The molecule has 5 heteroatoms. The maximum atomic E-state index is 11.7. The zero-order valence-electron chi connectivity index (χ0n) is 11.2. The fourth-order valence-electron chi connectivity index (χ4n) is 1.70. The number of anilines is 1. The highest BCUT2D eigenvalue weighted by molar-refractivity contribution is 5.92. The van der Waals surface area contributed by atoms with Gasteiger partial charge in [0.2, 0.25) is 11.8 Å². The van der Waals surface area contributed by atoms with Crippen LogP contribution in [0.3, 0.4) is 0 Å². The fourth-order valence-corrected chi connectivity index (χ4v) is 1.70. The van der Waals surface area contributed by atoms with Gasteiger partial charge in [-0.15, -0.1) is 0 Å². The van der Waals surface area contributed by atoms with Crippen molar-refractivity contribution >= 4 is 17.5 Å². The normalized spacial score (nSPS) is 10.0. The highest BCUT2D eigenvalue weighted by Gasteiger charge is 2.08. The van der Waals surface area contributed by atoms with Crippen molar-refractivity contribution in [3.8, 4) is 0 Å². The van der Waals surface area contributed by atoms with Crippen LogP contribution in [0.25, 0.3) is 0 Å². The van der Waals surface area contributed by atoms with E-state index in [-0.39, 0.29) is 18.2 Å². The Labute approximate surface area is 113 Å². The van der Waals surface area contributed by atoms with E-state index in [0.29, 0.717) is 18.7 Å². The Morgan fingerprint density at radius 1 is 1.16 bits per heavy atom. The lowest BCUT2D eigenvalue weighted by Crippen LogP contribution is -2.21. The van der Waals surface area contributed by atoms with Crippen LogP contribution in [-0.2, 0) is 16.0 Å². The second-order valence-electron chi connectivity index (χ2n) is 4.30. The first-order chi connectivity index (χ1) is 9.17. The average molecular weight is 263 g/mol. The van der Waals surface area contributed by atoms with Gasteiger partial charge in [-0.1, -0.05) is 18.2 Å². The number of nitrogens with one attached hydrogen (secondary N) is 2. The predicted molar refractivity (Wildman–Crippen MR) is 75.7 cm³/mol. The number of para-hydroxylation sites is 1. The summed E-state index contributed by atoms with van der Waals surface area (Å²) >= 11 is 0. The lowest BCUT2D eigenvalue weighted by Gasteiger charge is -2.10. The van der Waals surface area contributed by atoms with Gasteiger partial charge >= 0.3 is 0 Å². The first-order valence-corrected chi connectivity index (χ1v) is 6.45. The van der Waals surface area contributed by atoms with E-state index in [0.717, 1.165) is 18.4 Å². The average Bonchev–Trinajstić information content (AvgIpc) is 2.41. The van der Waals surface area contributed by atoms with Gasteiger partial charge in [0.05, 0.1) is 6.42 Å². The number of hydrogen-bond acceptors (Lipinski definition) is 3. The number of likely N-dealkylation sites (N-methyl/N-ethyl adjacent to an activating group) is 1. The number of hydrogen-bond donors (Lipinski definition) is 3. The maximum absolute atomic E-state index is 11.7. The topological polar surface area (TPSA) is 84.2 Å². The summed E-state index contributed by atoms with van der Waals surface area (Å²) in [5.41, 5.74) is 6.90. The van der Waals surface area contributed by atoms with Crippen LogP contribution in [0.1, 0.15) is 24.8 Å². The number of unbranched alkanes of at least 4 members (excludes halogenated alkanes) is 1. The molecule has 1 rings (SSSR count). The van der Waals surface area contributed by atoms with Gasteiger partial charge in [0, 0.05) is 19.2 Å². The number of carbonyl (C=O) groups is 2. The van der Waals surface area contributed by atoms with E-state index in [1.165, 1.54) is 0 Å². The smallest absolute Gasteiger partial charge is 0.224 e. The van der Waals surface area contributed by atoms with Gasteiger partial charge in [-0.2, -0.15) is 0 Å². The van der Waals surface area contributed by atoms with Crippen LogP contribution < -0.4 is 16.4 Å². The molecule has 0 aliphatic carbocycles. The molecule has 0 radical (unpaired) electrons. The van der Waals surface area contributed by atoms with Crippen LogP contribution in [0.5, 0.6) is 0 Å². The molecule has 2 amide bonds. The monoisotopic (exact) mass is 263 g/mol. The molecule has 0 bridgehead atoms. The second kappa shape index (κ2) is 8.26. The Morgan fingerprint density at radius 2 is 1.89 bits per heavy atom. The Kier molecular flexibility index (Phi) is 6.60. The molecule has 104 valence electrons. The molecule has 0 aliphatic heterocycles.